The van der Waals surface area contributed by atoms with Crippen LogP contribution in [0.2, 0.25) is 0 Å². The lowest BCUT2D eigenvalue weighted by Crippen LogP contribution is -2.48. The summed E-state index contributed by atoms with van der Waals surface area (Å²) in [6.07, 6.45) is 6.54. The van der Waals surface area contributed by atoms with Gasteiger partial charge in [0.25, 0.3) is 0 Å². The Labute approximate surface area is 164 Å². The molecule has 0 spiro atoms. The number of fused-ring (bicyclic) bond motifs is 1. The van der Waals surface area contributed by atoms with Gasteiger partial charge in [-0.05, 0) is 45.4 Å². The van der Waals surface area contributed by atoms with Crippen LogP contribution in [0, 0.1) is 6.92 Å². The number of likely N-dealkylation sites (tertiary alicyclic amines) is 1. The molecule has 1 aromatic rings. The van der Waals surface area contributed by atoms with Crippen molar-refractivity contribution < 1.29 is 14.4 Å². The van der Waals surface area contributed by atoms with Crippen LogP contribution in [0.3, 0.4) is 0 Å². The van der Waals surface area contributed by atoms with Gasteiger partial charge in [-0.15, -0.1) is 0 Å². The molecule has 2 aliphatic heterocycles. The van der Waals surface area contributed by atoms with E-state index in [1.807, 2.05) is 6.92 Å². The maximum atomic E-state index is 12.3. The van der Waals surface area contributed by atoms with Gasteiger partial charge in [0.15, 0.2) is 0 Å². The number of nitrogens with one attached hydrogen (secondary N) is 1. The molecule has 0 aromatic carbocycles. The van der Waals surface area contributed by atoms with Crippen molar-refractivity contribution in [3.05, 3.63) is 17.1 Å². The summed E-state index contributed by atoms with van der Waals surface area (Å²) < 4.78 is 0. The van der Waals surface area contributed by atoms with Crippen LogP contribution in [0.1, 0.15) is 55.6 Å². The number of carbonyl (C=O) groups is 3. The summed E-state index contributed by atoms with van der Waals surface area (Å²) in [7, 11) is 0. The van der Waals surface area contributed by atoms with Crippen molar-refractivity contribution in [1.29, 1.82) is 0 Å². The lowest BCUT2D eigenvalue weighted by Gasteiger charge is -2.35. The maximum absolute atomic E-state index is 12.3. The van der Waals surface area contributed by atoms with E-state index in [2.05, 4.69) is 15.2 Å². The molecule has 150 valence electrons. The molecule has 8 heteroatoms. The fourth-order valence-corrected chi connectivity index (χ4v) is 4.41. The minimum atomic E-state index is -0.252. The Morgan fingerprint density at radius 2 is 1.71 bits per heavy atom. The lowest BCUT2D eigenvalue weighted by atomic mass is 9.95. The average molecular weight is 385 g/mol. The monoisotopic (exact) mass is 385 g/mol. The summed E-state index contributed by atoms with van der Waals surface area (Å²) >= 11 is 0. The van der Waals surface area contributed by atoms with Crippen molar-refractivity contribution in [2.24, 2.45) is 0 Å². The molecule has 0 saturated carbocycles. The Kier molecular flexibility index (Phi) is 5.28. The number of carbonyl (C=O) groups excluding carboxylic acids is 3. The highest BCUT2D eigenvalue weighted by Gasteiger charge is 2.31. The molecule has 8 nitrogen and oxygen atoms in total. The Hall–Kier alpha value is -2.51. The predicted octanol–water partition coefficient (Wildman–Crippen LogP) is 0.898. The number of hydrogen-bond acceptors (Lipinski definition) is 6. The van der Waals surface area contributed by atoms with E-state index in [4.69, 9.17) is 4.98 Å². The number of nitrogens with zero attached hydrogens (tertiary/aromatic N) is 4. The second-order valence-electron chi connectivity index (χ2n) is 7.93. The van der Waals surface area contributed by atoms with Gasteiger partial charge in [0, 0.05) is 43.2 Å². The predicted molar refractivity (Wildman–Crippen MR) is 103 cm³/mol. The van der Waals surface area contributed by atoms with Crippen LogP contribution < -0.4 is 10.2 Å². The van der Waals surface area contributed by atoms with Crippen LogP contribution in [-0.4, -0.2) is 58.3 Å². The second-order valence-corrected chi connectivity index (χ2v) is 7.93. The Balaban J connectivity index is 1.34. The number of rotatable bonds is 4. The lowest BCUT2D eigenvalue weighted by molar-refractivity contribution is -0.142. The molecule has 0 bridgehead atoms. The summed E-state index contributed by atoms with van der Waals surface area (Å²) in [4.78, 5) is 48.3. The molecular weight excluding hydrogens is 358 g/mol. The van der Waals surface area contributed by atoms with Crippen LogP contribution >= 0.6 is 0 Å². The Morgan fingerprint density at radius 1 is 1.04 bits per heavy atom. The molecule has 4 rings (SSSR count). The van der Waals surface area contributed by atoms with Crippen LogP contribution in [0.15, 0.2) is 0 Å². The molecule has 28 heavy (non-hydrogen) atoms. The van der Waals surface area contributed by atoms with Crippen molar-refractivity contribution in [2.45, 2.75) is 64.3 Å². The molecule has 3 aliphatic rings. The van der Waals surface area contributed by atoms with Crippen molar-refractivity contribution in [1.82, 2.24) is 20.2 Å². The molecule has 3 amide bonds. The van der Waals surface area contributed by atoms with Crippen molar-refractivity contribution >= 4 is 23.5 Å². The average Bonchev–Trinajstić information content (AvgIpc) is 3.00. The summed E-state index contributed by atoms with van der Waals surface area (Å²) in [5, 5.41) is 2.99. The maximum Gasteiger partial charge on any atom is 0.240 e. The fraction of sp³-hybridized carbons (Fsp3) is 0.650. The normalized spacial score (nSPS) is 20.5. The standard InChI is InChI=1S/C20H27N5O3/c1-13-21-16-5-3-2-4-15(16)20(22-13)24-10-8-14(9-11-24)23-17(26)12-25-18(27)6-7-19(25)28/h14H,2-12H2,1H3,(H,23,26). The summed E-state index contributed by atoms with van der Waals surface area (Å²) in [5.74, 6) is 1.14. The highest BCUT2D eigenvalue weighted by molar-refractivity contribution is 6.04. The number of amides is 3. The third-order valence-electron chi connectivity index (χ3n) is 5.89. The van der Waals surface area contributed by atoms with Gasteiger partial charge in [-0.25, -0.2) is 9.97 Å². The Bertz CT molecular complexity index is 785. The largest absolute Gasteiger partial charge is 0.356 e. The number of imide groups is 1. The zero-order valence-electron chi connectivity index (χ0n) is 16.4. The summed E-state index contributed by atoms with van der Waals surface area (Å²) in [6.45, 7) is 3.45. The fourth-order valence-electron chi connectivity index (χ4n) is 4.41. The molecular formula is C20H27N5O3. The molecule has 2 fully saturated rings. The van der Waals surface area contributed by atoms with E-state index in [0.717, 1.165) is 55.3 Å². The third kappa shape index (κ3) is 3.86. The Morgan fingerprint density at radius 3 is 2.43 bits per heavy atom. The topological polar surface area (TPSA) is 95.5 Å². The van der Waals surface area contributed by atoms with Gasteiger partial charge in [0.1, 0.15) is 18.2 Å². The van der Waals surface area contributed by atoms with Gasteiger partial charge >= 0.3 is 0 Å². The van der Waals surface area contributed by atoms with Crippen LogP contribution in [0.25, 0.3) is 0 Å². The first-order valence-electron chi connectivity index (χ1n) is 10.2. The molecule has 2 saturated heterocycles. The van der Waals surface area contributed by atoms with Gasteiger partial charge in [-0.2, -0.15) is 0 Å². The minimum absolute atomic E-state index is 0.0651. The van der Waals surface area contributed by atoms with Gasteiger partial charge in [0.2, 0.25) is 17.7 Å². The van der Waals surface area contributed by atoms with E-state index in [0.29, 0.717) is 0 Å². The van der Waals surface area contributed by atoms with Crippen molar-refractivity contribution in [2.75, 3.05) is 24.5 Å². The second kappa shape index (κ2) is 7.85. The highest BCUT2D eigenvalue weighted by Crippen LogP contribution is 2.29. The first-order valence-corrected chi connectivity index (χ1v) is 10.2. The summed E-state index contributed by atoms with van der Waals surface area (Å²) in [5.41, 5.74) is 2.49. The van der Waals surface area contributed by atoms with Crippen molar-refractivity contribution in [3.63, 3.8) is 0 Å². The SMILES string of the molecule is Cc1nc2c(c(N3CCC(NC(=O)CN4C(=O)CCC4=O)CC3)n1)CCCC2. The van der Waals surface area contributed by atoms with Crippen LogP contribution in [0.4, 0.5) is 5.82 Å². The van der Waals surface area contributed by atoms with E-state index in [1.165, 1.54) is 24.1 Å². The zero-order valence-corrected chi connectivity index (χ0v) is 16.4. The molecule has 1 aliphatic carbocycles. The van der Waals surface area contributed by atoms with Gasteiger partial charge < -0.3 is 10.2 Å². The van der Waals surface area contributed by atoms with Gasteiger partial charge in [0.05, 0.1) is 0 Å². The minimum Gasteiger partial charge on any atom is -0.356 e. The van der Waals surface area contributed by atoms with E-state index in [1.54, 1.807) is 0 Å². The zero-order chi connectivity index (χ0) is 19.7. The van der Waals surface area contributed by atoms with E-state index in [-0.39, 0.29) is 43.1 Å². The number of anilines is 1. The van der Waals surface area contributed by atoms with E-state index >= 15 is 0 Å². The van der Waals surface area contributed by atoms with Crippen molar-refractivity contribution in [3.8, 4) is 0 Å². The van der Waals surface area contributed by atoms with Gasteiger partial charge in [-0.1, -0.05) is 0 Å². The smallest absolute Gasteiger partial charge is 0.240 e. The molecule has 3 heterocycles. The highest BCUT2D eigenvalue weighted by atomic mass is 16.2. The quantitative estimate of drug-likeness (QED) is 0.774. The van der Waals surface area contributed by atoms with Crippen LogP contribution in [0.5, 0.6) is 0 Å². The number of piperidine rings is 1. The first kappa shape index (κ1) is 18.8. The molecule has 0 radical (unpaired) electrons. The number of hydrogen-bond donors (Lipinski definition) is 1. The number of aryl methyl sites for hydroxylation is 2. The summed E-state index contributed by atoms with van der Waals surface area (Å²) in [6, 6.07) is 0.0651. The van der Waals surface area contributed by atoms with E-state index in [9.17, 15) is 14.4 Å². The third-order valence-corrected chi connectivity index (χ3v) is 5.89. The molecule has 1 aromatic heterocycles. The van der Waals surface area contributed by atoms with E-state index < -0.39 is 0 Å². The molecule has 0 unspecified atom stereocenters. The van der Waals surface area contributed by atoms with Gasteiger partial charge in [-0.3, -0.25) is 19.3 Å². The van der Waals surface area contributed by atoms with Crippen LogP contribution in [-0.2, 0) is 27.2 Å². The number of aromatic nitrogens is 2. The molecule has 1 N–H and O–H groups in total. The first-order chi connectivity index (χ1) is 13.5. The molecule has 0 atom stereocenters.